The molecule has 0 amide bonds. The molecule has 0 bridgehead atoms. The van der Waals surface area contributed by atoms with E-state index >= 15 is 0 Å². The van der Waals surface area contributed by atoms with Crippen molar-refractivity contribution < 1.29 is 4.39 Å². The Morgan fingerprint density at radius 2 is 1.88 bits per heavy atom. The molecule has 3 aromatic rings. The number of aryl methyl sites for hydroxylation is 2. The van der Waals surface area contributed by atoms with E-state index in [4.69, 9.17) is 0 Å². The van der Waals surface area contributed by atoms with Crippen LogP contribution in [0.5, 0.6) is 0 Å². The molecule has 0 saturated carbocycles. The Bertz CT molecular complexity index is 866. The van der Waals surface area contributed by atoms with Gasteiger partial charge in [-0.25, -0.2) is 4.39 Å². The molecule has 2 aromatic carbocycles. The average Bonchev–Trinajstić information content (AvgIpc) is 2.89. The van der Waals surface area contributed by atoms with E-state index in [0.717, 1.165) is 36.8 Å². The summed E-state index contributed by atoms with van der Waals surface area (Å²) in [5.41, 5.74) is 4.70. The highest BCUT2D eigenvalue weighted by Gasteiger charge is 2.27. The molecule has 2 nitrogen and oxygen atoms in total. The average molecular weight is 322 g/mol. The zero-order chi connectivity index (χ0) is 16.7. The SMILES string of the molecule is CC1Cc2c(c3cccc(F)c3n2CCc2ccccc2)CN1C. The number of hydrogen-bond donors (Lipinski definition) is 0. The number of benzene rings is 2. The summed E-state index contributed by atoms with van der Waals surface area (Å²) >= 11 is 0. The first-order valence-electron chi connectivity index (χ1n) is 8.68. The van der Waals surface area contributed by atoms with Crippen LogP contribution in [0.3, 0.4) is 0 Å². The van der Waals surface area contributed by atoms with Gasteiger partial charge in [-0.15, -0.1) is 0 Å². The summed E-state index contributed by atoms with van der Waals surface area (Å²) in [5, 5.41) is 1.08. The maximum absolute atomic E-state index is 14.6. The molecule has 1 aromatic heterocycles. The number of likely N-dealkylation sites (N-methyl/N-ethyl adjacent to an activating group) is 1. The number of fused-ring (bicyclic) bond motifs is 3. The van der Waals surface area contributed by atoms with Crippen molar-refractivity contribution >= 4 is 10.9 Å². The monoisotopic (exact) mass is 322 g/mol. The molecular formula is C21H23FN2. The molecule has 1 aliphatic rings. The Morgan fingerprint density at radius 1 is 1.08 bits per heavy atom. The van der Waals surface area contributed by atoms with Crippen LogP contribution in [0.1, 0.15) is 23.7 Å². The second-order valence-electron chi connectivity index (χ2n) is 6.92. The number of aromatic nitrogens is 1. The summed E-state index contributed by atoms with van der Waals surface area (Å²) < 4.78 is 16.9. The summed E-state index contributed by atoms with van der Waals surface area (Å²) in [7, 11) is 2.15. The highest BCUT2D eigenvalue weighted by molar-refractivity contribution is 5.86. The molecule has 0 radical (unpaired) electrons. The van der Waals surface area contributed by atoms with E-state index in [9.17, 15) is 4.39 Å². The maximum Gasteiger partial charge on any atom is 0.147 e. The van der Waals surface area contributed by atoms with Gasteiger partial charge in [0.15, 0.2) is 0 Å². The van der Waals surface area contributed by atoms with Crippen LogP contribution in [0.2, 0.25) is 0 Å². The van der Waals surface area contributed by atoms with Gasteiger partial charge in [-0.2, -0.15) is 0 Å². The van der Waals surface area contributed by atoms with Gasteiger partial charge in [-0.1, -0.05) is 42.5 Å². The lowest BCUT2D eigenvalue weighted by molar-refractivity contribution is 0.228. The van der Waals surface area contributed by atoms with E-state index in [2.05, 4.69) is 53.8 Å². The van der Waals surface area contributed by atoms with Crippen molar-refractivity contribution in [1.29, 1.82) is 0 Å². The molecule has 0 spiro atoms. The molecule has 4 rings (SSSR count). The van der Waals surface area contributed by atoms with Crippen LogP contribution in [-0.2, 0) is 25.9 Å². The van der Waals surface area contributed by atoms with Gasteiger partial charge in [0.2, 0.25) is 0 Å². The largest absolute Gasteiger partial charge is 0.342 e. The third-order valence-electron chi connectivity index (χ3n) is 5.37. The van der Waals surface area contributed by atoms with Crippen molar-refractivity contribution in [3.05, 3.63) is 71.2 Å². The van der Waals surface area contributed by atoms with Crippen molar-refractivity contribution in [2.45, 2.75) is 38.9 Å². The minimum absolute atomic E-state index is 0.106. The van der Waals surface area contributed by atoms with Crippen LogP contribution in [0, 0.1) is 5.82 Å². The molecule has 24 heavy (non-hydrogen) atoms. The lowest BCUT2D eigenvalue weighted by Crippen LogP contribution is -2.35. The normalized spacial score (nSPS) is 18.0. The number of nitrogens with zero attached hydrogens (tertiary/aromatic N) is 2. The van der Waals surface area contributed by atoms with Crippen LogP contribution in [0.4, 0.5) is 4.39 Å². The van der Waals surface area contributed by atoms with Gasteiger partial charge in [0.1, 0.15) is 5.82 Å². The molecule has 1 atom stereocenters. The highest BCUT2D eigenvalue weighted by atomic mass is 19.1. The van der Waals surface area contributed by atoms with E-state index in [1.807, 2.05) is 12.1 Å². The number of halogens is 1. The van der Waals surface area contributed by atoms with Gasteiger partial charge in [0.25, 0.3) is 0 Å². The van der Waals surface area contributed by atoms with Crippen LogP contribution < -0.4 is 0 Å². The van der Waals surface area contributed by atoms with Gasteiger partial charge < -0.3 is 4.57 Å². The molecular weight excluding hydrogens is 299 g/mol. The number of rotatable bonds is 3. The summed E-state index contributed by atoms with van der Waals surface area (Å²) in [4.78, 5) is 2.36. The van der Waals surface area contributed by atoms with E-state index in [0.29, 0.717) is 6.04 Å². The fraction of sp³-hybridized carbons (Fsp3) is 0.333. The fourth-order valence-corrected chi connectivity index (χ4v) is 3.87. The van der Waals surface area contributed by atoms with Gasteiger partial charge in [-0.05, 0) is 37.6 Å². The first-order valence-corrected chi connectivity index (χ1v) is 8.68. The molecule has 1 unspecified atom stereocenters. The topological polar surface area (TPSA) is 8.17 Å². The second-order valence-corrected chi connectivity index (χ2v) is 6.92. The molecule has 1 aliphatic heterocycles. The molecule has 0 saturated heterocycles. The smallest absolute Gasteiger partial charge is 0.147 e. The predicted molar refractivity (Wildman–Crippen MR) is 96.7 cm³/mol. The quantitative estimate of drug-likeness (QED) is 0.694. The molecule has 124 valence electrons. The summed E-state index contributed by atoms with van der Waals surface area (Å²) in [6, 6.07) is 16.4. The predicted octanol–water partition coefficient (Wildman–Crippen LogP) is 4.40. The van der Waals surface area contributed by atoms with E-state index < -0.39 is 0 Å². The van der Waals surface area contributed by atoms with E-state index in [1.165, 1.54) is 16.8 Å². The Balaban J connectivity index is 1.80. The van der Waals surface area contributed by atoms with Gasteiger partial charge in [0.05, 0.1) is 5.52 Å². The fourth-order valence-electron chi connectivity index (χ4n) is 3.87. The third kappa shape index (κ3) is 2.53. The van der Waals surface area contributed by atoms with Crippen molar-refractivity contribution in [2.75, 3.05) is 7.05 Å². The highest BCUT2D eigenvalue weighted by Crippen LogP contribution is 2.34. The van der Waals surface area contributed by atoms with Gasteiger partial charge in [-0.3, -0.25) is 4.90 Å². The van der Waals surface area contributed by atoms with Gasteiger partial charge >= 0.3 is 0 Å². The van der Waals surface area contributed by atoms with Crippen molar-refractivity contribution in [3.63, 3.8) is 0 Å². The second kappa shape index (κ2) is 6.06. The van der Waals surface area contributed by atoms with E-state index in [-0.39, 0.29) is 5.82 Å². The van der Waals surface area contributed by atoms with Crippen LogP contribution in [-0.4, -0.2) is 22.6 Å². The molecule has 2 heterocycles. The van der Waals surface area contributed by atoms with Crippen LogP contribution in [0.25, 0.3) is 10.9 Å². The van der Waals surface area contributed by atoms with Crippen molar-refractivity contribution in [1.82, 2.24) is 9.47 Å². The summed E-state index contributed by atoms with van der Waals surface area (Å²) in [6.07, 6.45) is 1.91. The molecule has 3 heteroatoms. The third-order valence-corrected chi connectivity index (χ3v) is 5.37. The molecule has 0 fully saturated rings. The lowest BCUT2D eigenvalue weighted by atomic mass is 10.00. The van der Waals surface area contributed by atoms with Crippen molar-refractivity contribution in [3.8, 4) is 0 Å². The maximum atomic E-state index is 14.6. The Labute approximate surface area is 142 Å². The number of hydrogen-bond acceptors (Lipinski definition) is 1. The minimum Gasteiger partial charge on any atom is -0.342 e. The summed E-state index contributed by atoms with van der Waals surface area (Å²) in [6.45, 7) is 3.97. The van der Waals surface area contributed by atoms with E-state index in [1.54, 1.807) is 6.07 Å². The first-order chi connectivity index (χ1) is 11.6. The lowest BCUT2D eigenvalue weighted by Gasteiger charge is -2.31. The van der Waals surface area contributed by atoms with Crippen molar-refractivity contribution in [2.24, 2.45) is 0 Å². The summed E-state index contributed by atoms with van der Waals surface area (Å²) in [5.74, 6) is -0.106. The molecule has 0 N–H and O–H groups in total. The zero-order valence-corrected chi connectivity index (χ0v) is 14.3. The Hall–Kier alpha value is -2.13. The Kier molecular flexibility index (Phi) is 3.89. The van der Waals surface area contributed by atoms with Crippen LogP contribution >= 0.6 is 0 Å². The number of para-hydroxylation sites is 1. The zero-order valence-electron chi connectivity index (χ0n) is 14.3. The minimum atomic E-state index is -0.106. The Morgan fingerprint density at radius 3 is 2.67 bits per heavy atom. The van der Waals surface area contributed by atoms with Crippen LogP contribution in [0.15, 0.2) is 48.5 Å². The first kappa shape index (κ1) is 15.4. The van der Waals surface area contributed by atoms with Gasteiger partial charge in [0, 0.05) is 36.6 Å². The standard InChI is InChI=1S/C21H23FN2/c1-15-13-20-18(14-23(15)2)17-9-6-10-19(22)21(17)24(20)12-11-16-7-4-3-5-8-16/h3-10,15H,11-14H2,1-2H3. The molecule has 0 aliphatic carbocycles.